The average molecular weight is 283 g/mol. The van der Waals surface area contributed by atoms with Gasteiger partial charge in [-0.15, -0.1) is 11.8 Å². The Labute approximate surface area is 116 Å². The van der Waals surface area contributed by atoms with Gasteiger partial charge in [0.1, 0.15) is 13.2 Å². The SMILES string of the molecule is COC(=O)CNCc1cc2c(cc1SC)OCCO2. The molecule has 0 fully saturated rings. The van der Waals surface area contributed by atoms with Gasteiger partial charge in [0.05, 0.1) is 13.7 Å². The molecule has 0 aliphatic carbocycles. The zero-order valence-corrected chi connectivity index (χ0v) is 11.8. The second-order valence-electron chi connectivity index (χ2n) is 3.99. The van der Waals surface area contributed by atoms with E-state index >= 15 is 0 Å². The van der Waals surface area contributed by atoms with Gasteiger partial charge in [-0.3, -0.25) is 4.79 Å². The van der Waals surface area contributed by atoms with Crippen molar-refractivity contribution in [1.29, 1.82) is 0 Å². The first kappa shape index (κ1) is 14.0. The predicted octanol–water partition coefficient (Wildman–Crippen LogP) is 1.44. The van der Waals surface area contributed by atoms with Crippen molar-refractivity contribution in [3.05, 3.63) is 17.7 Å². The monoisotopic (exact) mass is 283 g/mol. The number of carbonyl (C=O) groups is 1. The van der Waals surface area contributed by atoms with E-state index in [2.05, 4.69) is 10.1 Å². The third kappa shape index (κ3) is 3.54. The van der Waals surface area contributed by atoms with Gasteiger partial charge in [-0.25, -0.2) is 0 Å². The highest BCUT2D eigenvalue weighted by atomic mass is 32.2. The molecule has 19 heavy (non-hydrogen) atoms. The number of hydrogen-bond acceptors (Lipinski definition) is 6. The largest absolute Gasteiger partial charge is 0.486 e. The number of fused-ring (bicyclic) bond motifs is 1. The van der Waals surface area contributed by atoms with Crippen molar-refractivity contribution in [1.82, 2.24) is 5.32 Å². The summed E-state index contributed by atoms with van der Waals surface area (Å²) in [5.74, 6) is 1.27. The first-order valence-electron chi connectivity index (χ1n) is 5.98. The van der Waals surface area contributed by atoms with Crippen molar-refractivity contribution < 1.29 is 19.0 Å². The van der Waals surface area contributed by atoms with Crippen molar-refractivity contribution in [2.24, 2.45) is 0 Å². The summed E-state index contributed by atoms with van der Waals surface area (Å²) in [7, 11) is 1.38. The summed E-state index contributed by atoms with van der Waals surface area (Å²) >= 11 is 1.64. The van der Waals surface area contributed by atoms with Crippen LogP contribution in [0.1, 0.15) is 5.56 Å². The normalized spacial score (nSPS) is 13.2. The Kier molecular flexibility index (Phi) is 4.93. The number of hydrogen-bond donors (Lipinski definition) is 1. The van der Waals surface area contributed by atoms with Crippen LogP contribution in [0.2, 0.25) is 0 Å². The Bertz CT molecular complexity index is 464. The minimum absolute atomic E-state index is 0.193. The highest BCUT2D eigenvalue weighted by Gasteiger charge is 2.15. The number of nitrogens with one attached hydrogen (secondary N) is 1. The first-order valence-corrected chi connectivity index (χ1v) is 7.21. The summed E-state index contributed by atoms with van der Waals surface area (Å²) in [5, 5.41) is 3.05. The lowest BCUT2D eigenvalue weighted by Crippen LogP contribution is -2.24. The van der Waals surface area contributed by atoms with Gasteiger partial charge in [0, 0.05) is 11.4 Å². The van der Waals surface area contributed by atoms with E-state index in [9.17, 15) is 4.79 Å². The smallest absolute Gasteiger partial charge is 0.319 e. The lowest BCUT2D eigenvalue weighted by atomic mass is 10.2. The molecule has 0 amide bonds. The van der Waals surface area contributed by atoms with Crippen LogP contribution in [0.5, 0.6) is 11.5 Å². The molecule has 1 aromatic rings. The van der Waals surface area contributed by atoms with E-state index in [0.717, 1.165) is 22.0 Å². The van der Waals surface area contributed by atoms with Gasteiger partial charge in [0.2, 0.25) is 0 Å². The van der Waals surface area contributed by atoms with E-state index in [4.69, 9.17) is 9.47 Å². The molecule has 1 aliphatic rings. The molecule has 1 aromatic carbocycles. The van der Waals surface area contributed by atoms with Gasteiger partial charge >= 0.3 is 5.97 Å². The molecular formula is C13H17NO4S. The molecule has 0 unspecified atom stereocenters. The lowest BCUT2D eigenvalue weighted by molar-refractivity contribution is -0.139. The van der Waals surface area contributed by atoms with E-state index in [1.165, 1.54) is 7.11 Å². The van der Waals surface area contributed by atoms with Gasteiger partial charge in [-0.1, -0.05) is 0 Å². The van der Waals surface area contributed by atoms with Crippen LogP contribution < -0.4 is 14.8 Å². The number of benzene rings is 1. The van der Waals surface area contributed by atoms with Crippen LogP contribution in [0.4, 0.5) is 0 Å². The highest BCUT2D eigenvalue weighted by molar-refractivity contribution is 7.98. The first-order chi connectivity index (χ1) is 9.24. The standard InChI is InChI=1S/C13H17NO4S/c1-16-13(15)8-14-7-9-5-10-11(6-12(9)19-2)18-4-3-17-10/h5-6,14H,3-4,7-8H2,1-2H3. The van der Waals surface area contributed by atoms with Crippen molar-refractivity contribution >= 4 is 17.7 Å². The maximum absolute atomic E-state index is 11.1. The molecule has 2 rings (SSSR count). The number of esters is 1. The summed E-state index contributed by atoms with van der Waals surface area (Å²) in [5.41, 5.74) is 1.08. The Morgan fingerprint density at radius 3 is 2.68 bits per heavy atom. The molecule has 5 nitrogen and oxygen atoms in total. The molecule has 0 radical (unpaired) electrons. The summed E-state index contributed by atoms with van der Waals surface area (Å²) in [6.45, 7) is 1.93. The third-order valence-electron chi connectivity index (χ3n) is 2.76. The molecule has 0 spiro atoms. The van der Waals surface area contributed by atoms with Crippen LogP contribution in [0.15, 0.2) is 17.0 Å². The van der Waals surface area contributed by atoms with E-state index < -0.39 is 0 Å². The van der Waals surface area contributed by atoms with E-state index in [0.29, 0.717) is 19.8 Å². The fourth-order valence-electron chi connectivity index (χ4n) is 1.81. The summed E-state index contributed by atoms with van der Waals surface area (Å²) < 4.78 is 15.7. The van der Waals surface area contributed by atoms with Gasteiger partial charge in [-0.05, 0) is 24.0 Å². The maximum Gasteiger partial charge on any atom is 0.319 e. The van der Waals surface area contributed by atoms with Gasteiger partial charge in [-0.2, -0.15) is 0 Å². The second-order valence-corrected chi connectivity index (χ2v) is 4.84. The number of ether oxygens (including phenoxy) is 3. The summed E-state index contributed by atoms with van der Waals surface area (Å²) in [4.78, 5) is 12.2. The molecular weight excluding hydrogens is 266 g/mol. The molecule has 0 atom stereocenters. The zero-order chi connectivity index (χ0) is 13.7. The minimum atomic E-state index is -0.275. The minimum Gasteiger partial charge on any atom is -0.486 e. The van der Waals surface area contributed by atoms with Crippen molar-refractivity contribution in [3.8, 4) is 11.5 Å². The fourth-order valence-corrected chi connectivity index (χ4v) is 2.43. The topological polar surface area (TPSA) is 56.8 Å². The molecule has 1 aliphatic heterocycles. The molecule has 0 aromatic heterocycles. The predicted molar refractivity (Wildman–Crippen MR) is 72.9 cm³/mol. The van der Waals surface area contributed by atoms with E-state index in [1.807, 2.05) is 18.4 Å². The van der Waals surface area contributed by atoms with Gasteiger partial charge in [0.15, 0.2) is 11.5 Å². The second kappa shape index (κ2) is 6.68. The van der Waals surface area contributed by atoms with Crippen molar-refractivity contribution in [3.63, 3.8) is 0 Å². The average Bonchev–Trinajstić information content (AvgIpc) is 2.46. The molecule has 0 saturated carbocycles. The van der Waals surface area contributed by atoms with Crippen LogP contribution in [0.3, 0.4) is 0 Å². The molecule has 104 valence electrons. The Morgan fingerprint density at radius 1 is 1.37 bits per heavy atom. The van der Waals surface area contributed by atoms with E-state index in [1.54, 1.807) is 11.8 Å². The number of carbonyl (C=O) groups excluding carboxylic acids is 1. The van der Waals surface area contributed by atoms with Crippen LogP contribution in [0.25, 0.3) is 0 Å². The van der Waals surface area contributed by atoms with Gasteiger partial charge in [0.25, 0.3) is 0 Å². The Morgan fingerprint density at radius 2 is 2.05 bits per heavy atom. The molecule has 0 bridgehead atoms. The van der Waals surface area contributed by atoms with Crippen LogP contribution in [-0.4, -0.2) is 39.1 Å². The number of methoxy groups -OCH3 is 1. The molecule has 0 saturated heterocycles. The Hall–Kier alpha value is -1.40. The zero-order valence-electron chi connectivity index (χ0n) is 11.0. The molecule has 6 heteroatoms. The third-order valence-corrected chi connectivity index (χ3v) is 3.58. The quantitative estimate of drug-likeness (QED) is 0.652. The van der Waals surface area contributed by atoms with Crippen LogP contribution >= 0.6 is 11.8 Å². The van der Waals surface area contributed by atoms with Crippen LogP contribution in [0, 0.1) is 0 Å². The highest BCUT2D eigenvalue weighted by Crippen LogP contribution is 2.36. The van der Waals surface area contributed by atoms with Gasteiger partial charge < -0.3 is 19.5 Å². The fraction of sp³-hybridized carbons (Fsp3) is 0.462. The van der Waals surface area contributed by atoms with Crippen molar-refractivity contribution in [2.45, 2.75) is 11.4 Å². The van der Waals surface area contributed by atoms with E-state index in [-0.39, 0.29) is 12.5 Å². The Balaban J connectivity index is 2.08. The van der Waals surface area contributed by atoms with Crippen molar-refractivity contribution in [2.75, 3.05) is 33.1 Å². The molecule has 1 N–H and O–H groups in total. The maximum atomic E-state index is 11.1. The summed E-state index contributed by atoms with van der Waals surface area (Å²) in [6, 6.07) is 3.94. The number of thioether (sulfide) groups is 1. The summed E-state index contributed by atoms with van der Waals surface area (Å²) in [6.07, 6.45) is 2.01. The van der Waals surface area contributed by atoms with Crippen LogP contribution in [-0.2, 0) is 16.1 Å². The molecule has 1 heterocycles. The number of rotatable bonds is 5. The lowest BCUT2D eigenvalue weighted by Gasteiger charge is -2.20.